The molecule has 2 aliphatic rings. The van der Waals surface area contributed by atoms with E-state index in [0.29, 0.717) is 61.0 Å². The number of carboxylic acid groups (broad SMARTS) is 1. The Morgan fingerprint density at radius 1 is 1.14 bits per heavy atom. The van der Waals surface area contributed by atoms with E-state index in [0.717, 1.165) is 17.5 Å². The Morgan fingerprint density at radius 2 is 1.91 bits per heavy atom. The normalized spacial score (nSPS) is 18.7. The first kappa shape index (κ1) is 28.9. The monoisotopic (exact) mass is 596 g/mol. The molecule has 0 saturated carbocycles. The third kappa shape index (κ3) is 5.89. The molecule has 1 N–H and O–H groups in total. The first-order valence-corrected chi connectivity index (χ1v) is 14.1. The largest absolute Gasteiger partial charge is 0.497 e. The van der Waals surface area contributed by atoms with Crippen LogP contribution < -0.4 is 9.47 Å². The molecule has 2 aromatic carbocycles. The van der Waals surface area contributed by atoms with Crippen LogP contribution in [0.4, 0.5) is 13.2 Å². The number of halogens is 3. The maximum absolute atomic E-state index is 14.1. The van der Waals surface area contributed by atoms with Crippen molar-refractivity contribution in [2.75, 3.05) is 20.3 Å². The number of hydrogen-bond donors (Lipinski definition) is 1. The van der Waals surface area contributed by atoms with Gasteiger partial charge in [0.2, 0.25) is 0 Å². The fourth-order valence-corrected chi connectivity index (χ4v) is 5.63. The third-order valence-corrected chi connectivity index (χ3v) is 8.18. The lowest BCUT2D eigenvalue weighted by Crippen LogP contribution is -2.36. The Bertz CT molecular complexity index is 1650. The topological polar surface area (TPSA) is 98.9 Å². The van der Waals surface area contributed by atoms with Crippen LogP contribution in [0.2, 0.25) is 0 Å². The predicted molar refractivity (Wildman–Crippen MR) is 150 cm³/mol. The first-order valence-electron chi connectivity index (χ1n) is 14.1. The summed E-state index contributed by atoms with van der Waals surface area (Å²) in [7, 11) is 1.54. The Balaban J connectivity index is 1.29. The van der Waals surface area contributed by atoms with Crippen LogP contribution in [-0.2, 0) is 37.0 Å². The van der Waals surface area contributed by atoms with Gasteiger partial charge in [-0.05, 0) is 72.9 Å². The zero-order valence-electron chi connectivity index (χ0n) is 23.7. The fourth-order valence-electron chi connectivity index (χ4n) is 5.63. The molecule has 4 heterocycles. The molecule has 43 heavy (non-hydrogen) atoms. The lowest BCUT2D eigenvalue weighted by Gasteiger charge is -2.36. The van der Waals surface area contributed by atoms with Gasteiger partial charge in [0.15, 0.2) is 11.3 Å². The van der Waals surface area contributed by atoms with Crippen molar-refractivity contribution in [3.05, 3.63) is 82.3 Å². The maximum Gasteiger partial charge on any atom is 0.419 e. The van der Waals surface area contributed by atoms with Crippen LogP contribution in [0.25, 0.3) is 11.2 Å². The van der Waals surface area contributed by atoms with Gasteiger partial charge in [-0.15, -0.1) is 0 Å². The van der Waals surface area contributed by atoms with Gasteiger partial charge in [0.1, 0.15) is 29.4 Å². The summed E-state index contributed by atoms with van der Waals surface area (Å²) in [6.45, 7) is 4.01. The minimum Gasteiger partial charge on any atom is -0.497 e. The third-order valence-electron chi connectivity index (χ3n) is 8.18. The Labute approximate surface area is 245 Å². The summed E-state index contributed by atoms with van der Waals surface area (Å²) in [6.07, 6.45) is -3.28. The molecule has 2 aliphatic heterocycles. The summed E-state index contributed by atoms with van der Waals surface area (Å²) in [5.74, 6) is 0.00383. The summed E-state index contributed by atoms with van der Waals surface area (Å²) in [5, 5.41) is 9.48. The van der Waals surface area contributed by atoms with Gasteiger partial charge < -0.3 is 23.9 Å². The quantitative estimate of drug-likeness (QED) is 0.265. The van der Waals surface area contributed by atoms with Crippen LogP contribution >= 0.6 is 0 Å². The molecule has 9 nitrogen and oxygen atoms in total. The minimum atomic E-state index is -4.57. The molecule has 0 unspecified atom stereocenters. The Morgan fingerprint density at radius 3 is 2.56 bits per heavy atom. The highest BCUT2D eigenvalue weighted by atomic mass is 19.4. The van der Waals surface area contributed by atoms with Gasteiger partial charge in [0.25, 0.3) is 0 Å². The second-order valence-electron chi connectivity index (χ2n) is 10.8. The minimum absolute atomic E-state index is 0.0165. The number of carbonyl (C=O) groups is 1. The van der Waals surface area contributed by atoms with E-state index in [-0.39, 0.29) is 30.2 Å². The number of imidazole rings is 1. The van der Waals surface area contributed by atoms with E-state index in [1.165, 1.54) is 18.2 Å². The number of alkyl halides is 3. The molecular formula is C31H31F3N4O5. The average Bonchev–Trinajstić information content (AvgIpc) is 3.30. The molecule has 2 aromatic heterocycles. The van der Waals surface area contributed by atoms with Crippen molar-refractivity contribution < 1.29 is 37.3 Å². The second-order valence-corrected chi connectivity index (χ2v) is 10.8. The first-order chi connectivity index (χ1) is 20.6. The number of carboxylic acids is 1. The molecule has 0 amide bonds. The lowest BCUT2D eigenvalue weighted by molar-refractivity contribution is -0.139. The SMILES string of the molecule is COc1ccc(COc2cc3c(cc2C(F)(F)F)CCN(Cc2nc4ccc(C(=O)O)nc4n2C[C@@H]2CCO2)[C@H]3C)cc1. The van der Waals surface area contributed by atoms with E-state index < -0.39 is 17.7 Å². The number of ether oxygens (including phenoxy) is 3. The lowest BCUT2D eigenvalue weighted by atomic mass is 9.91. The van der Waals surface area contributed by atoms with Gasteiger partial charge in [-0.3, -0.25) is 4.90 Å². The molecule has 0 bridgehead atoms. The Hall–Kier alpha value is -4.16. The van der Waals surface area contributed by atoms with Crippen LogP contribution in [0.1, 0.15) is 58.0 Å². The van der Waals surface area contributed by atoms with Crippen molar-refractivity contribution in [2.45, 2.75) is 57.8 Å². The second kappa shape index (κ2) is 11.5. The summed E-state index contributed by atoms with van der Waals surface area (Å²) >= 11 is 0. The number of rotatable bonds is 9. The van der Waals surface area contributed by atoms with Crippen LogP contribution in [-0.4, -0.2) is 56.9 Å². The highest BCUT2D eigenvalue weighted by Gasteiger charge is 2.37. The van der Waals surface area contributed by atoms with Crippen molar-refractivity contribution in [2.24, 2.45) is 0 Å². The van der Waals surface area contributed by atoms with Crippen molar-refractivity contribution in [1.29, 1.82) is 0 Å². The van der Waals surface area contributed by atoms with Gasteiger partial charge in [-0.2, -0.15) is 13.2 Å². The van der Waals surface area contributed by atoms with E-state index in [1.807, 2.05) is 11.5 Å². The molecule has 0 radical (unpaired) electrons. The van der Waals surface area contributed by atoms with Gasteiger partial charge in [0, 0.05) is 19.2 Å². The van der Waals surface area contributed by atoms with E-state index in [2.05, 4.69) is 9.88 Å². The molecule has 0 aliphatic carbocycles. The zero-order valence-corrected chi connectivity index (χ0v) is 23.7. The standard InChI is InChI=1S/C31H31F3N4O5/c1-18-23-14-27(43-17-19-3-5-21(41-2)6-4-19)24(31(32,33)34)13-20(23)9-11-37(18)16-28-35-25-7-8-26(30(39)40)36-29(25)38(28)15-22-10-12-42-22/h3-8,13-14,18,22H,9-12,15-17H2,1-2H3,(H,39,40)/t18-,22-/m0/s1. The van der Waals surface area contributed by atoms with E-state index in [1.54, 1.807) is 37.4 Å². The number of aromatic carboxylic acids is 1. The molecule has 226 valence electrons. The number of benzene rings is 2. The predicted octanol–water partition coefficient (Wildman–Crippen LogP) is 5.64. The summed E-state index contributed by atoms with van der Waals surface area (Å²) in [6, 6.07) is 12.6. The number of aromatic nitrogens is 3. The summed E-state index contributed by atoms with van der Waals surface area (Å²) in [4.78, 5) is 22.9. The van der Waals surface area contributed by atoms with Crippen LogP contribution in [0.5, 0.6) is 11.5 Å². The molecule has 2 atom stereocenters. The fraction of sp³-hybridized carbons (Fsp3) is 0.387. The van der Waals surface area contributed by atoms with Gasteiger partial charge in [-0.25, -0.2) is 14.8 Å². The number of fused-ring (bicyclic) bond motifs is 2. The summed E-state index contributed by atoms with van der Waals surface area (Å²) < 4.78 is 60.8. The van der Waals surface area contributed by atoms with Crippen molar-refractivity contribution in [3.8, 4) is 11.5 Å². The zero-order chi connectivity index (χ0) is 30.3. The van der Waals surface area contributed by atoms with Gasteiger partial charge >= 0.3 is 12.1 Å². The molecule has 1 saturated heterocycles. The van der Waals surface area contributed by atoms with E-state index in [9.17, 15) is 23.1 Å². The van der Waals surface area contributed by atoms with E-state index in [4.69, 9.17) is 19.2 Å². The number of methoxy groups -OCH3 is 1. The molecular weight excluding hydrogens is 565 g/mol. The number of pyridine rings is 1. The number of hydrogen-bond acceptors (Lipinski definition) is 7. The average molecular weight is 597 g/mol. The maximum atomic E-state index is 14.1. The molecule has 0 spiro atoms. The van der Waals surface area contributed by atoms with Crippen molar-refractivity contribution >= 4 is 17.1 Å². The van der Waals surface area contributed by atoms with Crippen molar-refractivity contribution in [3.63, 3.8) is 0 Å². The van der Waals surface area contributed by atoms with Crippen LogP contribution in [0.15, 0.2) is 48.5 Å². The van der Waals surface area contributed by atoms with Gasteiger partial charge in [0.05, 0.1) is 31.9 Å². The summed E-state index contributed by atoms with van der Waals surface area (Å²) in [5.41, 5.74) is 2.31. The molecule has 12 heteroatoms. The molecule has 4 aromatic rings. The van der Waals surface area contributed by atoms with Crippen molar-refractivity contribution in [1.82, 2.24) is 19.4 Å². The Kier molecular flexibility index (Phi) is 7.74. The molecule has 1 fully saturated rings. The van der Waals surface area contributed by atoms with E-state index >= 15 is 0 Å². The number of nitrogens with zero attached hydrogens (tertiary/aromatic N) is 4. The van der Waals surface area contributed by atoms with Crippen LogP contribution in [0, 0.1) is 0 Å². The van der Waals surface area contributed by atoms with Crippen LogP contribution in [0.3, 0.4) is 0 Å². The smallest absolute Gasteiger partial charge is 0.419 e. The molecule has 6 rings (SSSR count). The highest BCUT2D eigenvalue weighted by molar-refractivity contribution is 5.88. The highest BCUT2D eigenvalue weighted by Crippen LogP contribution is 2.42. The van der Waals surface area contributed by atoms with Gasteiger partial charge in [-0.1, -0.05) is 12.1 Å².